The predicted molar refractivity (Wildman–Crippen MR) is 72.4 cm³/mol. The molecule has 88 valence electrons. The molecular formula is C13H15N3S. The Hall–Kier alpha value is -1.68. The highest BCUT2D eigenvalue weighted by Crippen LogP contribution is 2.22. The van der Waals surface area contributed by atoms with Crippen molar-refractivity contribution in [1.82, 2.24) is 15.0 Å². The number of hydrogen-bond acceptors (Lipinski definition) is 3. The van der Waals surface area contributed by atoms with E-state index in [4.69, 9.17) is 0 Å². The highest BCUT2D eigenvalue weighted by atomic mass is 32.1. The van der Waals surface area contributed by atoms with E-state index in [1.807, 2.05) is 38.2 Å². The molecular weight excluding hydrogens is 230 g/mol. The van der Waals surface area contributed by atoms with Gasteiger partial charge in [0, 0.05) is 18.3 Å². The van der Waals surface area contributed by atoms with Gasteiger partial charge < -0.3 is 4.98 Å². The van der Waals surface area contributed by atoms with Crippen LogP contribution in [0.2, 0.25) is 0 Å². The van der Waals surface area contributed by atoms with E-state index in [0.29, 0.717) is 0 Å². The van der Waals surface area contributed by atoms with E-state index in [1.165, 1.54) is 4.70 Å². The quantitative estimate of drug-likeness (QED) is 0.749. The van der Waals surface area contributed by atoms with E-state index in [2.05, 4.69) is 21.0 Å². The summed E-state index contributed by atoms with van der Waals surface area (Å²) in [4.78, 5) is 11.6. The van der Waals surface area contributed by atoms with Crippen LogP contribution in [-0.2, 0) is 6.42 Å². The Balaban J connectivity index is 0.000000514. The van der Waals surface area contributed by atoms with Gasteiger partial charge in [-0.05, 0) is 12.1 Å². The number of H-pyrrole nitrogens is 1. The number of nitrogens with one attached hydrogen (secondary N) is 1. The van der Waals surface area contributed by atoms with Crippen molar-refractivity contribution in [3.8, 4) is 0 Å². The van der Waals surface area contributed by atoms with Gasteiger partial charge in [-0.1, -0.05) is 26.0 Å². The smallest absolute Gasteiger partial charge is 0.0997 e. The van der Waals surface area contributed by atoms with Crippen molar-refractivity contribution < 1.29 is 0 Å². The van der Waals surface area contributed by atoms with Crippen molar-refractivity contribution >= 4 is 21.6 Å². The minimum Gasteiger partial charge on any atom is -0.348 e. The third kappa shape index (κ3) is 2.71. The van der Waals surface area contributed by atoms with Crippen LogP contribution < -0.4 is 0 Å². The van der Waals surface area contributed by atoms with Crippen LogP contribution in [-0.4, -0.2) is 15.0 Å². The van der Waals surface area contributed by atoms with Crippen LogP contribution in [0.5, 0.6) is 0 Å². The van der Waals surface area contributed by atoms with Gasteiger partial charge in [-0.2, -0.15) is 0 Å². The number of para-hydroxylation sites is 1. The molecule has 17 heavy (non-hydrogen) atoms. The van der Waals surface area contributed by atoms with Crippen LogP contribution in [0.15, 0.2) is 36.8 Å². The first kappa shape index (κ1) is 11.8. The number of aromatic amines is 1. The van der Waals surface area contributed by atoms with Crippen LogP contribution in [0.3, 0.4) is 0 Å². The second-order valence-electron chi connectivity index (χ2n) is 3.33. The fourth-order valence-electron chi connectivity index (χ4n) is 1.54. The summed E-state index contributed by atoms with van der Waals surface area (Å²) >= 11 is 1.74. The summed E-state index contributed by atoms with van der Waals surface area (Å²) in [5.41, 5.74) is 2.19. The first-order chi connectivity index (χ1) is 8.42. The lowest BCUT2D eigenvalue weighted by molar-refractivity contribution is 1.09. The summed E-state index contributed by atoms with van der Waals surface area (Å²) in [5, 5.41) is 1.13. The van der Waals surface area contributed by atoms with Crippen molar-refractivity contribution in [1.29, 1.82) is 0 Å². The number of rotatable bonds is 2. The number of fused-ring (bicyclic) bond motifs is 1. The topological polar surface area (TPSA) is 41.6 Å². The van der Waals surface area contributed by atoms with Crippen molar-refractivity contribution in [3.05, 3.63) is 47.5 Å². The van der Waals surface area contributed by atoms with Gasteiger partial charge in [-0.15, -0.1) is 11.3 Å². The second kappa shape index (κ2) is 5.59. The maximum atomic E-state index is 4.56. The molecule has 0 radical (unpaired) electrons. The van der Waals surface area contributed by atoms with Gasteiger partial charge in [-0.25, -0.2) is 9.97 Å². The molecule has 1 aromatic carbocycles. The fourth-order valence-corrected chi connectivity index (χ4v) is 2.53. The zero-order valence-corrected chi connectivity index (χ0v) is 10.8. The van der Waals surface area contributed by atoms with E-state index in [9.17, 15) is 0 Å². The number of thiazole rings is 1. The molecule has 3 nitrogen and oxygen atoms in total. The lowest BCUT2D eigenvalue weighted by Gasteiger charge is -1.89. The van der Waals surface area contributed by atoms with Crippen LogP contribution in [0.25, 0.3) is 10.2 Å². The van der Waals surface area contributed by atoms with Crippen molar-refractivity contribution in [2.75, 3.05) is 0 Å². The Morgan fingerprint density at radius 3 is 2.76 bits per heavy atom. The van der Waals surface area contributed by atoms with Gasteiger partial charge in [0.2, 0.25) is 0 Å². The van der Waals surface area contributed by atoms with E-state index >= 15 is 0 Å². The molecule has 0 saturated carbocycles. The molecule has 0 bridgehead atoms. The van der Waals surface area contributed by atoms with Crippen LogP contribution >= 0.6 is 11.3 Å². The molecule has 0 amide bonds. The molecule has 2 aromatic heterocycles. The third-order valence-corrected chi connectivity index (χ3v) is 3.27. The molecule has 0 aliphatic heterocycles. The molecule has 3 aromatic rings. The molecule has 0 unspecified atom stereocenters. The van der Waals surface area contributed by atoms with E-state index < -0.39 is 0 Å². The monoisotopic (exact) mass is 245 g/mol. The maximum absolute atomic E-state index is 4.56. The molecule has 0 aliphatic rings. The van der Waals surface area contributed by atoms with E-state index in [-0.39, 0.29) is 0 Å². The SMILES string of the molecule is CC.c1ccc2sc(Cc3cnc[nH]3)nc2c1. The van der Waals surface area contributed by atoms with Gasteiger partial charge in [0.15, 0.2) is 0 Å². The molecule has 0 fully saturated rings. The van der Waals surface area contributed by atoms with Gasteiger partial charge >= 0.3 is 0 Å². The minimum absolute atomic E-state index is 0.833. The summed E-state index contributed by atoms with van der Waals surface area (Å²) in [6.07, 6.45) is 4.37. The fraction of sp³-hybridized carbons (Fsp3) is 0.231. The number of nitrogens with zero attached hydrogens (tertiary/aromatic N) is 2. The average molecular weight is 245 g/mol. The Labute approximate surface area is 105 Å². The number of hydrogen-bond donors (Lipinski definition) is 1. The molecule has 4 heteroatoms. The van der Waals surface area contributed by atoms with E-state index in [1.54, 1.807) is 17.7 Å². The largest absolute Gasteiger partial charge is 0.348 e. The van der Waals surface area contributed by atoms with Gasteiger partial charge in [0.05, 0.1) is 21.6 Å². The Morgan fingerprint density at radius 1 is 1.24 bits per heavy atom. The number of aromatic nitrogens is 3. The highest BCUT2D eigenvalue weighted by molar-refractivity contribution is 7.18. The van der Waals surface area contributed by atoms with Crippen LogP contribution in [0, 0.1) is 0 Å². The predicted octanol–water partition coefficient (Wildman–Crippen LogP) is 3.64. The Bertz CT molecular complexity index is 536. The molecule has 3 rings (SSSR count). The zero-order chi connectivity index (χ0) is 12.1. The summed E-state index contributed by atoms with van der Waals surface area (Å²) in [7, 11) is 0. The van der Waals surface area contributed by atoms with Gasteiger partial charge in [-0.3, -0.25) is 0 Å². The minimum atomic E-state index is 0.833. The third-order valence-electron chi connectivity index (χ3n) is 2.23. The Kier molecular flexibility index (Phi) is 3.88. The van der Waals surface area contributed by atoms with Crippen LogP contribution in [0.1, 0.15) is 24.5 Å². The molecule has 1 N–H and O–H groups in total. The first-order valence-electron chi connectivity index (χ1n) is 5.73. The van der Waals surface area contributed by atoms with E-state index in [0.717, 1.165) is 22.6 Å². The molecule has 0 spiro atoms. The summed E-state index contributed by atoms with van der Waals surface area (Å²) in [6, 6.07) is 8.20. The molecule has 2 heterocycles. The first-order valence-corrected chi connectivity index (χ1v) is 6.55. The van der Waals surface area contributed by atoms with Crippen LogP contribution in [0.4, 0.5) is 0 Å². The Morgan fingerprint density at radius 2 is 2.06 bits per heavy atom. The molecule has 0 saturated heterocycles. The molecule has 0 atom stereocenters. The summed E-state index contributed by atoms with van der Waals surface area (Å²) in [6.45, 7) is 4.00. The lowest BCUT2D eigenvalue weighted by Crippen LogP contribution is -1.85. The standard InChI is InChI=1S/C11H9N3S.C2H6/c1-2-4-10-9(3-1)14-11(15-10)5-8-6-12-7-13-8;1-2/h1-4,6-7H,5H2,(H,12,13);1-2H3. The van der Waals surface area contributed by atoms with Crippen molar-refractivity contribution in [2.24, 2.45) is 0 Å². The van der Waals surface area contributed by atoms with Crippen molar-refractivity contribution in [3.63, 3.8) is 0 Å². The highest BCUT2D eigenvalue weighted by Gasteiger charge is 2.04. The maximum Gasteiger partial charge on any atom is 0.0997 e. The number of imidazole rings is 1. The van der Waals surface area contributed by atoms with Gasteiger partial charge in [0.1, 0.15) is 0 Å². The normalized spacial score (nSPS) is 10.0. The van der Waals surface area contributed by atoms with Gasteiger partial charge in [0.25, 0.3) is 0 Å². The summed E-state index contributed by atoms with van der Waals surface area (Å²) < 4.78 is 1.24. The zero-order valence-electron chi connectivity index (χ0n) is 9.97. The lowest BCUT2D eigenvalue weighted by atomic mass is 10.3. The number of benzene rings is 1. The average Bonchev–Trinajstić information content (AvgIpc) is 3.00. The summed E-state index contributed by atoms with van der Waals surface area (Å²) in [5.74, 6) is 0. The second-order valence-corrected chi connectivity index (χ2v) is 4.44. The van der Waals surface area contributed by atoms with Crippen molar-refractivity contribution in [2.45, 2.75) is 20.3 Å². The molecule has 0 aliphatic carbocycles.